The van der Waals surface area contributed by atoms with Gasteiger partial charge in [0.2, 0.25) is 6.71 Å². The molecular weight excluding hydrogens is 557 g/mol. The van der Waals surface area contributed by atoms with E-state index in [0.717, 1.165) is 11.2 Å². The minimum Gasteiger partial charge on any atom is -0.456 e. The standard InChI is InChI=1S/C43H26BNO/c1-25-19-34-33-24-40-42(31-13-6-7-16-39(31)46-40)32-14-8-15-35(41(32)33)44-36-22-28-11-4-5-12-29(28)23-37(36)45(38(20-25)43(34)44)30-18-17-26-9-2-3-10-27(26)21-30/h2-24H,1H3. The first-order chi connectivity index (χ1) is 22.7. The van der Waals surface area contributed by atoms with Crippen LogP contribution in [0.1, 0.15) is 5.56 Å². The summed E-state index contributed by atoms with van der Waals surface area (Å²) in [6, 6.07) is 51.6. The van der Waals surface area contributed by atoms with Crippen LogP contribution < -0.4 is 21.3 Å². The van der Waals surface area contributed by atoms with Gasteiger partial charge in [0.25, 0.3) is 0 Å². The zero-order valence-electron chi connectivity index (χ0n) is 25.2. The lowest BCUT2D eigenvalue weighted by Gasteiger charge is -2.41. The maximum Gasteiger partial charge on any atom is 0.248 e. The van der Waals surface area contributed by atoms with Crippen molar-refractivity contribution >= 4 is 94.4 Å². The van der Waals surface area contributed by atoms with Gasteiger partial charge >= 0.3 is 0 Å². The van der Waals surface area contributed by atoms with Crippen LogP contribution in [0.25, 0.3) is 65.4 Å². The molecule has 2 aliphatic heterocycles. The van der Waals surface area contributed by atoms with Crippen LogP contribution in [0, 0.1) is 6.92 Å². The monoisotopic (exact) mass is 583 g/mol. The summed E-state index contributed by atoms with van der Waals surface area (Å²) >= 11 is 0. The number of anilines is 3. The molecule has 3 heteroatoms. The van der Waals surface area contributed by atoms with Gasteiger partial charge in [-0.05, 0) is 103 Å². The van der Waals surface area contributed by atoms with Crippen LogP contribution in [0.4, 0.5) is 17.1 Å². The van der Waals surface area contributed by atoms with Gasteiger partial charge in [0, 0.05) is 27.8 Å². The van der Waals surface area contributed by atoms with Gasteiger partial charge in [-0.2, -0.15) is 0 Å². The molecule has 46 heavy (non-hydrogen) atoms. The second-order valence-electron chi connectivity index (χ2n) is 13.0. The first-order valence-electron chi connectivity index (χ1n) is 16.0. The van der Waals surface area contributed by atoms with Crippen molar-refractivity contribution in [1.82, 2.24) is 0 Å². The van der Waals surface area contributed by atoms with E-state index in [4.69, 9.17) is 4.42 Å². The van der Waals surface area contributed by atoms with Crippen LogP contribution in [-0.4, -0.2) is 6.71 Å². The zero-order chi connectivity index (χ0) is 30.1. The highest BCUT2D eigenvalue weighted by Gasteiger charge is 2.41. The molecule has 0 fully saturated rings. The number of furan rings is 1. The van der Waals surface area contributed by atoms with Crippen molar-refractivity contribution in [2.24, 2.45) is 0 Å². The third kappa shape index (κ3) is 3.12. The van der Waals surface area contributed by atoms with Gasteiger partial charge in [-0.1, -0.05) is 109 Å². The van der Waals surface area contributed by atoms with Gasteiger partial charge in [0.05, 0.1) is 0 Å². The molecule has 2 nitrogen and oxygen atoms in total. The van der Waals surface area contributed by atoms with Gasteiger partial charge in [0.15, 0.2) is 0 Å². The first kappa shape index (κ1) is 24.5. The number of nitrogens with zero attached hydrogens (tertiary/aromatic N) is 1. The Balaban J connectivity index is 1.31. The van der Waals surface area contributed by atoms with Crippen molar-refractivity contribution in [2.45, 2.75) is 6.92 Å². The third-order valence-corrected chi connectivity index (χ3v) is 10.4. The fourth-order valence-corrected chi connectivity index (χ4v) is 8.54. The van der Waals surface area contributed by atoms with E-state index in [2.05, 4.69) is 151 Å². The maximum absolute atomic E-state index is 6.54. The lowest BCUT2D eigenvalue weighted by Crippen LogP contribution is -2.59. The number of fused-ring (bicyclic) bond motifs is 10. The van der Waals surface area contributed by atoms with Crippen molar-refractivity contribution in [3.8, 4) is 11.1 Å². The highest BCUT2D eigenvalue weighted by molar-refractivity contribution is 7.01. The number of hydrogen-bond acceptors (Lipinski definition) is 2. The molecule has 0 N–H and O–H groups in total. The Morgan fingerprint density at radius 1 is 0.500 bits per heavy atom. The van der Waals surface area contributed by atoms with Crippen LogP contribution in [-0.2, 0) is 0 Å². The average molecular weight is 583 g/mol. The van der Waals surface area contributed by atoms with Gasteiger partial charge in [-0.15, -0.1) is 0 Å². The predicted octanol–water partition coefficient (Wildman–Crippen LogP) is 9.63. The molecule has 0 bridgehead atoms. The molecular formula is C43H26BNO. The van der Waals surface area contributed by atoms with Crippen LogP contribution in [0.15, 0.2) is 144 Å². The van der Waals surface area contributed by atoms with Crippen LogP contribution in [0.3, 0.4) is 0 Å². The van der Waals surface area contributed by atoms with E-state index >= 15 is 0 Å². The second-order valence-corrected chi connectivity index (χ2v) is 13.0. The molecule has 9 aromatic rings. The summed E-state index contributed by atoms with van der Waals surface area (Å²) in [5.74, 6) is 0. The van der Waals surface area contributed by atoms with Crippen LogP contribution in [0.5, 0.6) is 0 Å². The molecule has 0 amide bonds. The molecule has 8 aromatic carbocycles. The third-order valence-electron chi connectivity index (χ3n) is 10.4. The fraction of sp³-hybridized carbons (Fsp3) is 0.0233. The summed E-state index contributed by atoms with van der Waals surface area (Å²) in [7, 11) is 0. The molecule has 2 aliphatic rings. The van der Waals surface area contributed by atoms with Crippen molar-refractivity contribution in [3.63, 3.8) is 0 Å². The highest BCUT2D eigenvalue weighted by Crippen LogP contribution is 2.46. The Labute approximate surface area is 266 Å². The average Bonchev–Trinajstić information content (AvgIpc) is 3.47. The van der Waals surface area contributed by atoms with E-state index in [-0.39, 0.29) is 6.71 Å². The van der Waals surface area contributed by atoms with Crippen molar-refractivity contribution in [3.05, 3.63) is 145 Å². The predicted molar refractivity (Wildman–Crippen MR) is 196 cm³/mol. The molecule has 11 rings (SSSR count). The Morgan fingerprint density at radius 2 is 1.24 bits per heavy atom. The fourth-order valence-electron chi connectivity index (χ4n) is 8.54. The van der Waals surface area contributed by atoms with E-state index in [0.29, 0.717) is 0 Å². The van der Waals surface area contributed by atoms with Crippen molar-refractivity contribution in [2.75, 3.05) is 4.90 Å². The van der Waals surface area contributed by atoms with Gasteiger partial charge < -0.3 is 9.32 Å². The second kappa shape index (κ2) is 8.68. The minimum absolute atomic E-state index is 0.105. The summed E-state index contributed by atoms with van der Waals surface area (Å²) in [5.41, 5.74) is 13.5. The first-order valence-corrected chi connectivity index (χ1v) is 16.0. The van der Waals surface area contributed by atoms with Gasteiger partial charge in [-0.25, -0.2) is 0 Å². The van der Waals surface area contributed by atoms with Gasteiger partial charge in [-0.3, -0.25) is 0 Å². The Bertz CT molecular complexity index is 2790. The molecule has 0 radical (unpaired) electrons. The molecule has 1 aromatic heterocycles. The lowest BCUT2D eigenvalue weighted by atomic mass is 9.32. The number of hydrogen-bond donors (Lipinski definition) is 0. The minimum atomic E-state index is 0.105. The largest absolute Gasteiger partial charge is 0.456 e. The molecule has 0 saturated heterocycles. The molecule has 212 valence electrons. The highest BCUT2D eigenvalue weighted by atomic mass is 16.3. The summed E-state index contributed by atoms with van der Waals surface area (Å²) in [4.78, 5) is 2.52. The van der Waals surface area contributed by atoms with Crippen molar-refractivity contribution < 1.29 is 4.42 Å². The molecule has 3 heterocycles. The quantitative estimate of drug-likeness (QED) is 0.179. The van der Waals surface area contributed by atoms with Crippen LogP contribution >= 0.6 is 0 Å². The normalized spacial score (nSPS) is 13.2. The molecule has 0 atom stereocenters. The molecule has 0 unspecified atom stereocenters. The molecule has 0 saturated carbocycles. The summed E-state index contributed by atoms with van der Waals surface area (Å²) in [5, 5.41) is 10.0. The Morgan fingerprint density at radius 3 is 2.11 bits per heavy atom. The Kier molecular flexibility index (Phi) is 4.63. The molecule has 0 aliphatic carbocycles. The SMILES string of the molecule is Cc1cc2c3c(c1)N(c1ccc4ccccc4c1)c1cc4ccccc4cc1B3c1cccc3c1c-2cc1oc2ccccc2c13. The van der Waals surface area contributed by atoms with E-state index in [9.17, 15) is 0 Å². The van der Waals surface area contributed by atoms with E-state index in [1.54, 1.807) is 0 Å². The summed E-state index contributed by atoms with van der Waals surface area (Å²) in [6.07, 6.45) is 0. The number of aryl methyl sites for hydroxylation is 1. The van der Waals surface area contributed by atoms with E-state index < -0.39 is 0 Å². The Hall–Kier alpha value is -5.80. The lowest BCUT2D eigenvalue weighted by molar-refractivity contribution is 0.669. The van der Waals surface area contributed by atoms with Crippen molar-refractivity contribution in [1.29, 1.82) is 0 Å². The zero-order valence-corrected chi connectivity index (χ0v) is 25.2. The van der Waals surface area contributed by atoms with E-state index in [1.165, 1.54) is 93.2 Å². The topological polar surface area (TPSA) is 16.4 Å². The maximum atomic E-state index is 6.54. The smallest absolute Gasteiger partial charge is 0.248 e. The van der Waals surface area contributed by atoms with E-state index in [1.807, 2.05) is 0 Å². The van der Waals surface area contributed by atoms with Gasteiger partial charge in [0.1, 0.15) is 11.2 Å². The number of rotatable bonds is 1. The summed E-state index contributed by atoms with van der Waals surface area (Å²) < 4.78 is 6.54. The molecule has 0 spiro atoms. The summed E-state index contributed by atoms with van der Waals surface area (Å²) in [6.45, 7) is 2.34. The number of benzene rings is 8. The van der Waals surface area contributed by atoms with Crippen LogP contribution in [0.2, 0.25) is 0 Å². The number of para-hydroxylation sites is 1.